The van der Waals surface area contributed by atoms with Gasteiger partial charge in [-0.3, -0.25) is 9.59 Å². The van der Waals surface area contributed by atoms with Crippen LogP contribution in [0.25, 0.3) is 11.1 Å². The van der Waals surface area contributed by atoms with E-state index in [4.69, 9.17) is 37.4 Å². The van der Waals surface area contributed by atoms with Gasteiger partial charge in [-0.05, 0) is 35.4 Å². The second-order valence-electron chi connectivity index (χ2n) is 7.47. The average Bonchev–Trinajstić information content (AvgIpc) is 2.87. The Bertz CT molecular complexity index is 1200. The van der Waals surface area contributed by atoms with Gasteiger partial charge in [-0.1, -0.05) is 53.5 Å². The zero-order valence-electron chi connectivity index (χ0n) is 19.3. The summed E-state index contributed by atoms with van der Waals surface area (Å²) in [6.07, 6.45) is 0.883. The molecule has 0 bridgehead atoms. The molecule has 182 valence electrons. The summed E-state index contributed by atoms with van der Waals surface area (Å²) in [4.78, 5) is 36.4. The van der Waals surface area contributed by atoms with Crippen LogP contribution in [-0.2, 0) is 16.0 Å². The van der Waals surface area contributed by atoms with Gasteiger partial charge in [-0.2, -0.15) is 0 Å². The monoisotopic (exact) mass is 515 g/mol. The standard InChI is InChI=1S/C26H23Cl2NO6/c1-33-21-12-16(14-30)13-22(34-2)23(21)17-9-7-15(8-10-17)11-20(26(32)35-3)29-25(31)24-18(27)5-4-6-19(24)28/h4-10,12-14,20H,11H2,1-3H3,(H,29,31)/t20-/m0/s1. The zero-order chi connectivity index (χ0) is 25.5. The lowest BCUT2D eigenvalue weighted by Gasteiger charge is -2.18. The minimum absolute atomic E-state index is 0.0815. The largest absolute Gasteiger partial charge is 0.496 e. The molecule has 0 radical (unpaired) electrons. The van der Waals surface area contributed by atoms with Crippen LogP contribution >= 0.6 is 23.2 Å². The highest BCUT2D eigenvalue weighted by Crippen LogP contribution is 2.39. The topological polar surface area (TPSA) is 90.9 Å². The van der Waals surface area contributed by atoms with E-state index in [1.807, 2.05) is 24.3 Å². The third kappa shape index (κ3) is 5.93. The van der Waals surface area contributed by atoms with Gasteiger partial charge in [0.1, 0.15) is 23.8 Å². The van der Waals surface area contributed by atoms with Crippen LogP contribution < -0.4 is 14.8 Å². The van der Waals surface area contributed by atoms with E-state index in [0.717, 1.165) is 17.4 Å². The van der Waals surface area contributed by atoms with E-state index >= 15 is 0 Å². The molecule has 0 saturated carbocycles. The van der Waals surface area contributed by atoms with Gasteiger partial charge in [0.05, 0.1) is 42.5 Å². The van der Waals surface area contributed by atoms with Crippen molar-refractivity contribution in [2.45, 2.75) is 12.5 Å². The highest BCUT2D eigenvalue weighted by Gasteiger charge is 2.25. The highest BCUT2D eigenvalue weighted by molar-refractivity contribution is 6.39. The summed E-state index contributed by atoms with van der Waals surface area (Å²) in [7, 11) is 4.26. The van der Waals surface area contributed by atoms with Gasteiger partial charge >= 0.3 is 5.97 Å². The van der Waals surface area contributed by atoms with Crippen LogP contribution in [-0.4, -0.2) is 45.5 Å². The number of esters is 1. The first-order valence-electron chi connectivity index (χ1n) is 10.5. The summed E-state index contributed by atoms with van der Waals surface area (Å²) in [5.41, 5.74) is 2.73. The van der Waals surface area contributed by atoms with Crippen molar-refractivity contribution >= 4 is 41.4 Å². The fourth-order valence-electron chi connectivity index (χ4n) is 3.61. The molecule has 9 heteroatoms. The lowest BCUT2D eigenvalue weighted by Crippen LogP contribution is -2.43. The molecular formula is C26H23Cl2NO6. The summed E-state index contributed by atoms with van der Waals surface area (Å²) in [6.45, 7) is 0. The number of methoxy groups -OCH3 is 3. The molecule has 0 unspecified atom stereocenters. The second-order valence-corrected chi connectivity index (χ2v) is 8.28. The van der Waals surface area contributed by atoms with Crippen LogP contribution in [0.5, 0.6) is 11.5 Å². The van der Waals surface area contributed by atoms with E-state index in [9.17, 15) is 14.4 Å². The Balaban J connectivity index is 1.87. The molecule has 0 spiro atoms. The summed E-state index contributed by atoms with van der Waals surface area (Å²) >= 11 is 12.2. The van der Waals surface area contributed by atoms with E-state index in [1.165, 1.54) is 21.3 Å². The first-order valence-corrected chi connectivity index (χ1v) is 11.2. The number of carbonyl (C=O) groups is 3. The Hall–Kier alpha value is -3.55. The lowest BCUT2D eigenvalue weighted by molar-refractivity contribution is -0.142. The molecule has 0 fully saturated rings. The molecule has 1 atom stereocenters. The molecule has 1 N–H and O–H groups in total. The Labute approximate surface area is 212 Å². The number of hydrogen-bond acceptors (Lipinski definition) is 6. The molecule has 3 aromatic rings. The molecule has 0 aromatic heterocycles. The third-order valence-corrected chi connectivity index (χ3v) is 5.96. The van der Waals surface area contributed by atoms with Crippen molar-refractivity contribution in [3.05, 3.63) is 81.3 Å². The maximum absolute atomic E-state index is 12.8. The molecule has 1 amide bonds. The Morgan fingerprint density at radius 1 is 0.943 bits per heavy atom. The fraction of sp³-hybridized carbons (Fsp3) is 0.192. The minimum Gasteiger partial charge on any atom is -0.496 e. The highest BCUT2D eigenvalue weighted by atomic mass is 35.5. The lowest BCUT2D eigenvalue weighted by atomic mass is 9.98. The zero-order valence-corrected chi connectivity index (χ0v) is 20.8. The van der Waals surface area contributed by atoms with E-state index in [1.54, 1.807) is 30.3 Å². The number of benzene rings is 3. The van der Waals surface area contributed by atoms with Crippen molar-refractivity contribution in [1.29, 1.82) is 0 Å². The molecule has 0 aliphatic heterocycles. The summed E-state index contributed by atoms with van der Waals surface area (Å²) < 4.78 is 15.8. The predicted octanol–water partition coefficient (Wildman–Crippen LogP) is 5.00. The molecule has 0 heterocycles. The van der Waals surface area contributed by atoms with Gasteiger partial charge in [0.25, 0.3) is 5.91 Å². The van der Waals surface area contributed by atoms with Crippen molar-refractivity contribution in [3.63, 3.8) is 0 Å². The van der Waals surface area contributed by atoms with Gasteiger partial charge in [-0.25, -0.2) is 4.79 Å². The molecule has 0 aliphatic rings. The Morgan fingerprint density at radius 3 is 2.00 bits per heavy atom. The molecule has 0 saturated heterocycles. The molecule has 3 aromatic carbocycles. The van der Waals surface area contributed by atoms with Crippen LogP contribution in [0.2, 0.25) is 10.0 Å². The summed E-state index contributed by atoms with van der Waals surface area (Å²) in [5.74, 6) is -0.234. The second kappa shape index (κ2) is 11.7. The van der Waals surface area contributed by atoms with Crippen LogP contribution in [0.1, 0.15) is 26.3 Å². The number of ether oxygens (including phenoxy) is 3. The van der Waals surface area contributed by atoms with Crippen LogP contribution in [0, 0.1) is 0 Å². The van der Waals surface area contributed by atoms with E-state index in [2.05, 4.69) is 5.32 Å². The van der Waals surface area contributed by atoms with Crippen molar-refractivity contribution < 1.29 is 28.6 Å². The van der Waals surface area contributed by atoms with E-state index in [-0.39, 0.29) is 22.0 Å². The molecular weight excluding hydrogens is 493 g/mol. The Morgan fingerprint density at radius 2 is 1.51 bits per heavy atom. The van der Waals surface area contributed by atoms with Gasteiger partial charge in [0.15, 0.2) is 0 Å². The van der Waals surface area contributed by atoms with Crippen LogP contribution in [0.3, 0.4) is 0 Å². The number of amides is 1. The van der Waals surface area contributed by atoms with Crippen molar-refractivity contribution in [2.75, 3.05) is 21.3 Å². The maximum Gasteiger partial charge on any atom is 0.328 e. The maximum atomic E-state index is 12.8. The molecule has 7 nitrogen and oxygen atoms in total. The molecule has 0 aliphatic carbocycles. The van der Waals surface area contributed by atoms with Crippen LogP contribution in [0.4, 0.5) is 0 Å². The van der Waals surface area contributed by atoms with Crippen molar-refractivity contribution in [2.24, 2.45) is 0 Å². The third-order valence-electron chi connectivity index (χ3n) is 5.33. The summed E-state index contributed by atoms with van der Waals surface area (Å²) in [6, 6.07) is 14.3. The predicted molar refractivity (Wildman–Crippen MR) is 134 cm³/mol. The van der Waals surface area contributed by atoms with Gasteiger partial charge in [0, 0.05) is 12.0 Å². The van der Waals surface area contributed by atoms with Gasteiger partial charge < -0.3 is 19.5 Å². The van der Waals surface area contributed by atoms with E-state index in [0.29, 0.717) is 22.6 Å². The van der Waals surface area contributed by atoms with Gasteiger partial charge in [0.2, 0.25) is 0 Å². The van der Waals surface area contributed by atoms with E-state index < -0.39 is 17.9 Å². The quantitative estimate of drug-likeness (QED) is 0.318. The van der Waals surface area contributed by atoms with Gasteiger partial charge in [-0.15, -0.1) is 0 Å². The number of hydrogen-bond donors (Lipinski definition) is 1. The number of aldehydes is 1. The first-order chi connectivity index (χ1) is 16.8. The SMILES string of the molecule is COC(=O)[C@H](Cc1ccc(-c2c(OC)cc(C=O)cc2OC)cc1)NC(=O)c1c(Cl)cccc1Cl. The number of rotatable bonds is 9. The number of halogens is 2. The normalized spacial score (nSPS) is 11.3. The van der Waals surface area contributed by atoms with Crippen LogP contribution in [0.15, 0.2) is 54.6 Å². The van der Waals surface area contributed by atoms with Crippen molar-refractivity contribution in [1.82, 2.24) is 5.32 Å². The smallest absolute Gasteiger partial charge is 0.328 e. The first kappa shape index (κ1) is 26.1. The number of nitrogens with one attached hydrogen (secondary N) is 1. The molecule has 3 rings (SSSR count). The van der Waals surface area contributed by atoms with Crippen molar-refractivity contribution in [3.8, 4) is 22.6 Å². The minimum atomic E-state index is -0.971. The number of carbonyl (C=O) groups excluding carboxylic acids is 3. The average molecular weight is 516 g/mol. The fourth-order valence-corrected chi connectivity index (χ4v) is 4.18. The summed E-state index contributed by atoms with van der Waals surface area (Å²) in [5, 5.41) is 3.00. The Kier molecular flexibility index (Phi) is 8.73. The molecule has 35 heavy (non-hydrogen) atoms.